The Kier molecular flexibility index (Phi) is 4.42. The molecular formula is C15H22FNO2. The number of ether oxygens (including phenoxy) is 1. The summed E-state index contributed by atoms with van der Waals surface area (Å²) in [5.74, 6) is -0.255. The van der Waals surface area contributed by atoms with E-state index in [1.807, 2.05) is 13.0 Å². The van der Waals surface area contributed by atoms with Gasteiger partial charge in [-0.1, -0.05) is 0 Å². The standard InChI is InChI=1S/C15H22FNO2/c1-11-6-12(16)8-13(7-11)17-15(10-18)5-3-4-14(9-15)19-2/h6-8,14,17-18H,3-5,9-10H2,1-2H3. The summed E-state index contributed by atoms with van der Waals surface area (Å²) in [6.07, 6.45) is 3.79. The smallest absolute Gasteiger partial charge is 0.125 e. The van der Waals surface area contributed by atoms with Crippen LogP contribution in [0.1, 0.15) is 31.2 Å². The van der Waals surface area contributed by atoms with Crippen molar-refractivity contribution < 1.29 is 14.2 Å². The highest BCUT2D eigenvalue weighted by atomic mass is 19.1. The molecule has 1 aromatic rings. The number of benzene rings is 1. The van der Waals surface area contributed by atoms with E-state index in [2.05, 4.69) is 5.32 Å². The van der Waals surface area contributed by atoms with Crippen LogP contribution in [-0.4, -0.2) is 30.5 Å². The Labute approximate surface area is 113 Å². The van der Waals surface area contributed by atoms with Crippen LogP contribution >= 0.6 is 0 Å². The van der Waals surface area contributed by atoms with Gasteiger partial charge >= 0.3 is 0 Å². The van der Waals surface area contributed by atoms with E-state index in [4.69, 9.17) is 4.74 Å². The van der Waals surface area contributed by atoms with Crippen molar-refractivity contribution >= 4 is 5.69 Å². The van der Waals surface area contributed by atoms with Crippen LogP contribution in [0.3, 0.4) is 0 Å². The first-order valence-corrected chi connectivity index (χ1v) is 6.76. The Balaban J connectivity index is 2.17. The lowest BCUT2D eigenvalue weighted by Crippen LogP contribution is -2.48. The van der Waals surface area contributed by atoms with Crippen molar-refractivity contribution in [1.82, 2.24) is 0 Å². The second-order valence-corrected chi connectivity index (χ2v) is 5.53. The van der Waals surface area contributed by atoms with E-state index in [0.29, 0.717) is 0 Å². The second kappa shape index (κ2) is 5.88. The Morgan fingerprint density at radius 1 is 1.47 bits per heavy atom. The summed E-state index contributed by atoms with van der Waals surface area (Å²) in [5.41, 5.74) is 1.19. The van der Waals surface area contributed by atoms with Gasteiger partial charge < -0.3 is 15.2 Å². The van der Waals surface area contributed by atoms with Gasteiger partial charge in [-0.25, -0.2) is 4.39 Å². The lowest BCUT2D eigenvalue weighted by molar-refractivity contribution is 0.0307. The quantitative estimate of drug-likeness (QED) is 0.881. The number of hydrogen-bond donors (Lipinski definition) is 2. The van der Waals surface area contributed by atoms with E-state index in [0.717, 1.165) is 36.9 Å². The van der Waals surface area contributed by atoms with Gasteiger partial charge in [-0.2, -0.15) is 0 Å². The van der Waals surface area contributed by atoms with Crippen molar-refractivity contribution in [3.05, 3.63) is 29.6 Å². The SMILES string of the molecule is COC1CCCC(CO)(Nc2cc(C)cc(F)c2)C1. The van der Waals surface area contributed by atoms with Crippen LogP contribution in [0.15, 0.2) is 18.2 Å². The lowest BCUT2D eigenvalue weighted by atomic mass is 9.80. The van der Waals surface area contributed by atoms with Gasteiger partial charge in [0.05, 0.1) is 18.2 Å². The summed E-state index contributed by atoms with van der Waals surface area (Å²) in [6.45, 7) is 1.89. The number of halogens is 1. The molecule has 1 aliphatic rings. The molecule has 0 amide bonds. The van der Waals surface area contributed by atoms with Gasteiger partial charge in [0.2, 0.25) is 0 Å². The molecule has 0 aliphatic heterocycles. The monoisotopic (exact) mass is 267 g/mol. The number of hydrogen-bond acceptors (Lipinski definition) is 3. The Morgan fingerprint density at radius 2 is 2.26 bits per heavy atom. The molecule has 1 aromatic carbocycles. The molecule has 2 N–H and O–H groups in total. The van der Waals surface area contributed by atoms with Gasteiger partial charge in [-0.3, -0.25) is 0 Å². The molecular weight excluding hydrogens is 245 g/mol. The van der Waals surface area contributed by atoms with E-state index in [-0.39, 0.29) is 18.5 Å². The summed E-state index contributed by atoms with van der Waals surface area (Å²) >= 11 is 0. The van der Waals surface area contributed by atoms with E-state index in [1.54, 1.807) is 7.11 Å². The van der Waals surface area contributed by atoms with Gasteiger partial charge in [0.15, 0.2) is 0 Å². The molecule has 0 bridgehead atoms. The minimum absolute atomic E-state index is 0.0302. The third-order valence-corrected chi connectivity index (χ3v) is 3.89. The normalized spacial score (nSPS) is 27.3. The molecule has 2 rings (SSSR count). The summed E-state index contributed by atoms with van der Waals surface area (Å²) in [6, 6.07) is 4.87. The molecule has 2 unspecified atom stereocenters. The summed E-state index contributed by atoms with van der Waals surface area (Å²) in [5, 5.41) is 13.1. The van der Waals surface area contributed by atoms with Gasteiger partial charge in [0, 0.05) is 12.8 Å². The average Bonchev–Trinajstić information content (AvgIpc) is 2.37. The van der Waals surface area contributed by atoms with Crippen LogP contribution in [0, 0.1) is 12.7 Å². The number of nitrogens with one attached hydrogen (secondary N) is 1. The third-order valence-electron chi connectivity index (χ3n) is 3.89. The molecule has 0 aromatic heterocycles. The zero-order chi connectivity index (χ0) is 13.9. The second-order valence-electron chi connectivity index (χ2n) is 5.53. The minimum atomic E-state index is -0.404. The topological polar surface area (TPSA) is 41.5 Å². The van der Waals surface area contributed by atoms with Gasteiger partial charge in [0.25, 0.3) is 0 Å². The van der Waals surface area contributed by atoms with Crippen LogP contribution < -0.4 is 5.32 Å². The third kappa shape index (κ3) is 3.45. The van der Waals surface area contributed by atoms with Crippen molar-refractivity contribution in [3.63, 3.8) is 0 Å². The summed E-state index contributed by atoms with van der Waals surface area (Å²) < 4.78 is 18.8. The van der Waals surface area contributed by atoms with Crippen LogP contribution in [0.4, 0.5) is 10.1 Å². The van der Waals surface area contributed by atoms with Gasteiger partial charge in [0.1, 0.15) is 5.82 Å². The fourth-order valence-corrected chi connectivity index (χ4v) is 2.92. The maximum Gasteiger partial charge on any atom is 0.125 e. The van der Waals surface area contributed by atoms with Crippen LogP contribution in [0.5, 0.6) is 0 Å². The molecule has 1 fully saturated rings. The largest absolute Gasteiger partial charge is 0.394 e. The lowest BCUT2D eigenvalue weighted by Gasteiger charge is -2.40. The maximum absolute atomic E-state index is 13.4. The molecule has 106 valence electrons. The van der Waals surface area contributed by atoms with Crippen molar-refractivity contribution in [2.24, 2.45) is 0 Å². The Morgan fingerprint density at radius 3 is 2.89 bits per heavy atom. The van der Waals surface area contributed by atoms with E-state index in [1.165, 1.54) is 12.1 Å². The number of aliphatic hydroxyl groups excluding tert-OH is 1. The number of aryl methyl sites for hydroxylation is 1. The predicted molar refractivity (Wildman–Crippen MR) is 73.8 cm³/mol. The van der Waals surface area contributed by atoms with Gasteiger partial charge in [-0.15, -0.1) is 0 Å². The van der Waals surface area contributed by atoms with E-state index in [9.17, 15) is 9.50 Å². The molecule has 0 saturated heterocycles. The molecule has 3 nitrogen and oxygen atoms in total. The fraction of sp³-hybridized carbons (Fsp3) is 0.600. The van der Waals surface area contributed by atoms with Crippen LogP contribution in [-0.2, 0) is 4.74 Å². The first-order valence-electron chi connectivity index (χ1n) is 6.76. The first-order chi connectivity index (χ1) is 9.07. The number of rotatable bonds is 4. The van der Waals surface area contributed by atoms with Crippen LogP contribution in [0.2, 0.25) is 0 Å². The number of anilines is 1. The molecule has 19 heavy (non-hydrogen) atoms. The van der Waals surface area contributed by atoms with Crippen LogP contribution in [0.25, 0.3) is 0 Å². The van der Waals surface area contributed by atoms with Crippen molar-refractivity contribution in [3.8, 4) is 0 Å². The van der Waals surface area contributed by atoms with E-state index >= 15 is 0 Å². The minimum Gasteiger partial charge on any atom is -0.394 e. The average molecular weight is 267 g/mol. The highest BCUT2D eigenvalue weighted by Crippen LogP contribution is 2.33. The highest BCUT2D eigenvalue weighted by molar-refractivity contribution is 5.48. The fourth-order valence-electron chi connectivity index (χ4n) is 2.92. The predicted octanol–water partition coefficient (Wildman–Crippen LogP) is 2.87. The van der Waals surface area contributed by atoms with Crippen molar-refractivity contribution in [2.75, 3.05) is 19.0 Å². The van der Waals surface area contributed by atoms with E-state index < -0.39 is 5.54 Å². The molecule has 1 aliphatic carbocycles. The highest BCUT2D eigenvalue weighted by Gasteiger charge is 2.36. The zero-order valence-corrected chi connectivity index (χ0v) is 11.6. The number of aliphatic hydroxyl groups is 1. The summed E-state index contributed by atoms with van der Waals surface area (Å²) in [7, 11) is 1.70. The van der Waals surface area contributed by atoms with Gasteiger partial charge in [-0.05, 0) is 56.4 Å². The Bertz CT molecular complexity index is 418. The molecule has 0 radical (unpaired) electrons. The first kappa shape index (κ1) is 14.3. The molecule has 1 saturated carbocycles. The molecule has 0 spiro atoms. The molecule has 2 atom stereocenters. The summed E-state index contributed by atoms with van der Waals surface area (Å²) in [4.78, 5) is 0. The van der Waals surface area contributed by atoms with Crippen molar-refractivity contribution in [2.45, 2.75) is 44.2 Å². The maximum atomic E-state index is 13.4. The zero-order valence-electron chi connectivity index (χ0n) is 11.6. The Hall–Kier alpha value is -1.13. The van der Waals surface area contributed by atoms with Crippen molar-refractivity contribution in [1.29, 1.82) is 0 Å². The molecule has 0 heterocycles. The molecule has 4 heteroatoms. The number of methoxy groups -OCH3 is 1.